The van der Waals surface area contributed by atoms with Gasteiger partial charge in [-0.2, -0.15) is 17.0 Å². The number of carbonyl (C=O) groups is 1. The Labute approximate surface area is 128 Å². The Kier molecular flexibility index (Phi) is 4.30. The van der Waals surface area contributed by atoms with E-state index >= 15 is 0 Å². The van der Waals surface area contributed by atoms with Crippen LogP contribution in [0.3, 0.4) is 0 Å². The zero-order chi connectivity index (χ0) is 14.8. The van der Waals surface area contributed by atoms with Gasteiger partial charge in [0.25, 0.3) is 0 Å². The molecule has 2 nitrogen and oxygen atoms in total. The summed E-state index contributed by atoms with van der Waals surface area (Å²) in [7, 11) is 0. The summed E-state index contributed by atoms with van der Waals surface area (Å²) in [6, 6.07) is 6.11. The minimum absolute atomic E-state index is 0.0939. The third-order valence-corrected chi connectivity index (χ3v) is 6.17. The van der Waals surface area contributed by atoms with Gasteiger partial charge in [-0.1, -0.05) is 6.42 Å². The average Bonchev–Trinajstić information content (AvgIpc) is 2.47. The van der Waals surface area contributed by atoms with Crippen molar-refractivity contribution in [3.63, 3.8) is 0 Å². The normalized spacial score (nSPS) is 27.9. The summed E-state index contributed by atoms with van der Waals surface area (Å²) < 4.78 is 13.3. The van der Waals surface area contributed by atoms with Gasteiger partial charge in [-0.05, 0) is 49.4 Å². The lowest BCUT2D eigenvalue weighted by Crippen LogP contribution is -2.33. The highest BCUT2D eigenvalue weighted by Crippen LogP contribution is 2.44. The van der Waals surface area contributed by atoms with E-state index in [1.807, 2.05) is 17.8 Å². The van der Waals surface area contributed by atoms with Gasteiger partial charge in [0, 0.05) is 22.8 Å². The number of ketones is 1. The number of nitriles is 1. The predicted octanol–water partition coefficient (Wildman–Crippen LogP) is 3.87. The number of hydrogen-bond acceptors (Lipinski definition) is 3. The first kappa shape index (κ1) is 14.6. The highest BCUT2D eigenvalue weighted by atomic mass is 32.2. The van der Waals surface area contributed by atoms with E-state index in [4.69, 9.17) is 5.26 Å². The number of fused-ring (bicyclic) bond motifs is 2. The molecule has 0 saturated carbocycles. The molecule has 4 heteroatoms. The summed E-state index contributed by atoms with van der Waals surface area (Å²) in [5.74, 6) is -0.112. The Morgan fingerprint density at radius 2 is 2.05 bits per heavy atom. The molecular formula is C17H18FNOS. The second-order valence-electron chi connectivity index (χ2n) is 6.04. The maximum Gasteiger partial charge on any atom is 0.140 e. The average molecular weight is 303 g/mol. The number of carbonyl (C=O) groups excluding carboxylic acids is 1. The standard InChI is InChI=1S/C17H18FNOS/c18-14-5-4-11(10-19)12(6-14)9-17(20)13-7-15-2-1-3-16(8-13)21-15/h4-6,13,15-16H,1-3,7-9H2. The van der Waals surface area contributed by atoms with Gasteiger partial charge in [0.05, 0.1) is 11.6 Å². The number of hydrogen-bond donors (Lipinski definition) is 0. The SMILES string of the molecule is N#Cc1ccc(F)cc1CC(=O)C1CC2CCCC(C1)S2. The highest BCUT2D eigenvalue weighted by molar-refractivity contribution is 8.00. The molecule has 2 fully saturated rings. The Hall–Kier alpha value is -1.34. The lowest BCUT2D eigenvalue weighted by molar-refractivity contribution is -0.122. The molecule has 2 saturated heterocycles. The largest absolute Gasteiger partial charge is 0.299 e. The van der Waals surface area contributed by atoms with Crippen LogP contribution in [0.15, 0.2) is 18.2 Å². The second kappa shape index (κ2) is 6.19. The molecule has 3 rings (SSSR count). The van der Waals surface area contributed by atoms with Crippen molar-refractivity contribution in [1.82, 2.24) is 0 Å². The van der Waals surface area contributed by atoms with Crippen LogP contribution in [0.25, 0.3) is 0 Å². The van der Waals surface area contributed by atoms with Crippen molar-refractivity contribution in [3.05, 3.63) is 35.1 Å². The zero-order valence-corrected chi connectivity index (χ0v) is 12.7. The fourth-order valence-corrected chi connectivity index (χ4v) is 5.31. The number of Topliss-reactive ketones (excluding diaryl/α,β-unsaturated/α-hetero) is 1. The minimum Gasteiger partial charge on any atom is -0.299 e. The Balaban J connectivity index is 1.72. The number of benzene rings is 1. The minimum atomic E-state index is -0.382. The van der Waals surface area contributed by atoms with Gasteiger partial charge in [-0.25, -0.2) is 4.39 Å². The predicted molar refractivity (Wildman–Crippen MR) is 81.6 cm³/mol. The van der Waals surface area contributed by atoms with Crippen molar-refractivity contribution < 1.29 is 9.18 Å². The van der Waals surface area contributed by atoms with Gasteiger partial charge >= 0.3 is 0 Å². The molecule has 21 heavy (non-hydrogen) atoms. The highest BCUT2D eigenvalue weighted by Gasteiger charge is 2.35. The first-order valence-electron chi connectivity index (χ1n) is 7.52. The van der Waals surface area contributed by atoms with Crippen LogP contribution in [0.1, 0.15) is 43.2 Å². The van der Waals surface area contributed by atoms with Crippen LogP contribution in [0, 0.1) is 23.1 Å². The van der Waals surface area contributed by atoms with Crippen LogP contribution < -0.4 is 0 Å². The lowest BCUT2D eigenvalue weighted by Gasteiger charge is -2.38. The molecule has 2 heterocycles. The van der Waals surface area contributed by atoms with Crippen LogP contribution in [0.5, 0.6) is 0 Å². The second-order valence-corrected chi connectivity index (χ2v) is 7.64. The summed E-state index contributed by atoms with van der Waals surface area (Å²) >= 11 is 2.05. The molecule has 2 aliphatic rings. The third kappa shape index (κ3) is 3.29. The van der Waals surface area contributed by atoms with E-state index in [1.165, 1.54) is 37.5 Å². The van der Waals surface area contributed by atoms with Gasteiger partial charge in [0.2, 0.25) is 0 Å². The van der Waals surface area contributed by atoms with Crippen molar-refractivity contribution in [3.8, 4) is 6.07 Å². The fraction of sp³-hybridized carbons (Fsp3) is 0.529. The van der Waals surface area contributed by atoms with E-state index < -0.39 is 0 Å². The summed E-state index contributed by atoms with van der Waals surface area (Å²) in [5, 5.41) is 10.3. The van der Waals surface area contributed by atoms with Gasteiger partial charge in [0.1, 0.15) is 11.6 Å². The van der Waals surface area contributed by atoms with Crippen molar-refractivity contribution in [2.75, 3.05) is 0 Å². The topological polar surface area (TPSA) is 40.9 Å². The molecule has 0 aromatic heterocycles. The number of thioether (sulfide) groups is 1. The van der Waals surface area contributed by atoms with E-state index in [-0.39, 0.29) is 23.9 Å². The van der Waals surface area contributed by atoms with Crippen molar-refractivity contribution >= 4 is 17.5 Å². The van der Waals surface area contributed by atoms with Gasteiger partial charge in [-0.3, -0.25) is 4.79 Å². The molecule has 1 aromatic rings. The van der Waals surface area contributed by atoms with Crippen molar-refractivity contribution in [2.45, 2.75) is 49.0 Å². The number of halogens is 1. The Bertz CT molecular complexity index is 583. The van der Waals surface area contributed by atoms with Crippen LogP contribution in [0.2, 0.25) is 0 Å². The van der Waals surface area contributed by atoms with E-state index in [1.54, 1.807) is 0 Å². The Morgan fingerprint density at radius 1 is 1.33 bits per heavy atom. The monoisotopic (exact) mass is 303 g/mol. The van der Waals surface area contributed by atoms with Crippen LogP contribution >= 0.6 is 11.8 Å². The number of nitrogens with zero attached hydrogens (tertiary/aromatic N) is 1. The lowest BCUT2D eigenvalue weighted by atomic mass is 9.84. The molecular weight excluding hydrogens is 285 g/mol. The smallest absolute Gasteiger partial charge is 0.140 e. The van der Waals surface area contributed by atoms with Crippen molar-refractivity contribution in [1.29, 1.82) is 5.26 Å². The summed E-state index contributed by atoms with van der Waals surface area (Å²) in [4.78, 5) is 12.5. The molecule has 1 aromatic carbocycles. The summed E-state index contributed by atoms with van der Waals surface area (Å²) in [5.41, 5.74) is 0.945. The zero-order valence-electron chi connectivity index (χ0n) is 11.8. The van der Waals surface area contributed by atoms with E-state index in [2.05, 4.69) is 0 Å². The van der Waals surface area contributed by atoms with Crippen LogP contribution in [0.4, 0.5) is 4.39 Å². The molecule has 2 bridgehead atoms. The molecule has 0 spiro atoms. The Morgan fingerprint density at radius 3 is 2.71 bits per heavy atom. The molecule has 2 atom stereocenters. The number of rotatable bonds is 3. The third-order valence-electron chi connectivity index (χ3n) is 4.54. The molecule has 0 N–H and O–H groups in total. The first-order chi connectivity index (χ1) is 10.2. The van der Waals surface area contributed by atoms with Crippen LogP contribution in [-0.4, -0.2) is 16.3 Å². The molecule has 0 aliphatic carbocycles. The maximum absolute atomic E-state index is 13.3. The summed E-state index contributed by atoms with van der Waals surface area (Å²) in [6.07, 6.45) is 5.82. The van der Waals surface area contributed by atoms with Crippen LogP contribution in [-0.2, 0) is 11.2 Å². The molecule has 110 valence electrons. The maximum atomic E-state index is 13.3. The van der Waals surface area contributed by atoms with Crippen molar-refractivity contribution in [2.24, 2.45) is 5.92 Å². The van der Waals surface area contributed by atoms with E-state index in [9.17, 15) is 9.18 Å². The van der Waals surface area contributed by atoms with Gasteiger partial charge in [-0.15, -0.1) is 0 Å². The molecule has 2 unspecified atom stereocenters. The van der Waals surface area contributed by atoms with Gasteiger partial charge < -0.3 is 0 Å². The quantitative estimate of drug-likeness (QED) is 0.851. The molecule has 0 radical (unpaired) electrons. The first-order valence-corrected chi connectivity index (χ1v) is 8.46. The summed E-state index contributed by atoms with van der Waals surface area (Å²) in [6.45, 7) is 0. The van der Waals surface area contributed by atoms with E-state index in [0.29, 0.717) is 21.6 Å². The van der Waals surface area contributed by atoms with Gasteiger partial charge in [0.15, 0.2) is 0 Å². The fourth-order valence-electron chi connectivity index (χ4n) is 3.47. The molecule has 0 amide bonds. The van der Waals surface area contributed by atoms with E-state index in [0.717, 1.165) is 12.8 Å². The molecule has 2 aliphatic heterocycles.